The van der Waals surface area contributed by atoms with E-state index in [0.717, 1.165) is 29.1 Å². The molecule has 0 saturated carbocycles. The normalized spacial score (nSPS) is 12.3. The zero-order valence-electron chi connectivity index (χ0n) is 18.4. The number of nitrogens with zero attached hydrogens (tertiary/aromatic N) is 3. The van der Waals surface area contributed by atoms with E-state index in [0.29, 0.717) is 31.2 Å². The van der Waals surface area contributed by atoms with Gasteiger partial charge in [-0.05, 0) is 50.2 Å². The molecular weight excluding hydrogens is 428 g/mol. The van der Waals surface area contributed by atoms with Gasteiger partial charge in [0, 0.05) is 19.2 Å². The van der Waals surface area contributed by atoms with E-state index >= 15 is 0 Å². The van der Waals surface area contributed by atoms with Crippen LogP contribution in [0.3, 0.4) is 0 Å². The number of aliphatic hydroxyl groups excluding tert-OH is 1. The van der Waals surface area contributed by atoms with Gasteiger partial charge >= 0.3 is 0 Å². The van der Waals surface area contributed by atoms with Crippen LogP contribution >= 0.6 is 0 Å². The molecule has 0 unspecified atom stereocenters. The quantitative estimate of drug-likeness (QED) is 0.376. The number of aliphatic hydroxyl groups is 1. The first-order chi connectivity index (χ1) is 15.9. The molecule has 0 amide bonds. The lowest BCUT2D eigenvalue weighted by atomic mass is 10.2. The first-order valence-electron chi connectivity index (χ1n) is 10.6. The Bertz CT molecular complexity index is 1190. The monoisotopic (exact) mass is 453 g/mol. The molecule has 1 atom stereocenters. The van der Waals surface area contributed by atoms with E-state index in [9.17, 15) is 13.9 Å². The van der Waals surface area contributed by atoms with Gasteiger partial charge in [0.05, 0.1) is 35.9 Å². The lowest BCUT2D eigenvalue weighted by Crippen LogP contribution is -2.30. The van der Waals surface area contributed by atoms with Crippen molar-refractivity contribution in [1.82, 2.24) is 14.7 Å². The first kappa shape index (κ1) is 22.7. The summed E-state index contributed by atoms with van der Waals surface area (Å²) in [7, 11) is 0. The van der Waals surface area contributed by atoms with Gasteiger partial charge in [-0.3, -0.25) is 4.90 Å². The van der Waals surface area contributed by atoms with Crippen molar-refractivity contribution in [2.24, 2.45) is 0 Å². The maximum atomic E-state index is 14.4. The number of aryl methyl sites for hydroxylation is 1. The summed E-state index contributed by atoms with van der Waals surface area (Å²) in [6.45, 7) is 4.75. The van der Waals surface area contributed by atoms with Crippen LogP contribution in [0.5, 0.6) is 11.6 Å². The molecule has 1 N–H and O–H groups in total. The molecule has 0 bridgehead atoms. The van der Waals surface area contributed by atoms with E-state index in [-0.39, 0.29) is 5.75 Å². The zero-order chi connectivity index (χ0) is 23.4. The maximum absolute atomic E-state index is 14.4. The molecule has 0 radical (unpaired) electrons. The summed E-state index contributed by atoms with van der Waals surface area (Å²) in [5.74, 6) is -0.539. The lowest BCUT2D eigenvalue weighted by Gasteiger charge is -2.23. The van der Waals surface area contributed by atoms with Crippen molar-refractivity contribution in [3.8, 4) is 17.3 Å². The molecule has 4 rings (SSSR count). The molecule has 0 spiro atoms. The SMILES string of the molecule is Cc1nn(-c2ccccc2)c(Oc2ccc(F)cc2F)c1CN(Cc1ccco1)C[C@H](C)O. The van der Waals surface area contributed by atoms with Gasteiger partial charge in [0.15, 0.2) is 11.6 Å². The molecule has 2 aromatic heterocycles. The number of para-hydroxylation sites is 1. The average Bonchev–Trinajstić information content (AvgIpc) is 3.39. The zero-order valence-corrected chi connectivity index (χ0v) is 18.4. The summed E-state index contributed by atoms with van der Waals surface area (Å²) in [4.78, 5) is 2.00. The van der Waals surface area contributed by atoms with Crippen molar-refractivity contribution in [3.05, 3.63) is 95.6 Å². The van der Waals surface area contributed by atoms with E-state index in [1.54, 1.807) is 23.9 Å². The minimum Gasteiger partial charge on any atom is -0.468 e. The van der Waals surface area contributed by atoms with Gasteiger partial charge in [-0.25, -0.2) is 13.5 Å². The fourth-order valence-electron chi connectivity index (χ4n) is 3.64. The van der Waals surface area contributed by atoms with E-state index < -0.39 is 17.7 Å². The Morgan fingerprint density at radius 1 is 1.09 bits per heavy atom. The number of hydrogen-bond donors (Lipinski definition) is 1. The molecule has 0 aliphatic carbocycles. The van der Waals surface area contributed by atoms with Gasteiger partial charge in [0.1, 0.15) is 11.6 Å². The van der Waals surface area contributed by atoms with E-state index in [4.69, 9.17) is 9.15 Å². The molecule has 2 heterocycles. The number of ether oxygens (including phenoxy) is 1. The van der Waals surface area contributed by atoms with Crippen molar-refractivity contribution in [1.29, 1.82) is 0 Å². The lowest BCUT2D eigenvalue weighted by molar-refractivity contribution is 0.112. The van der Waals surface area contributed by atoms with Crippen molar-refractivity contribution >= 4 is 0 Å². The fraction of sp³-hybridized carbons (Fsp3) is 0.240. The van der Waals surface area contributed by atoms with E-state index in [1.165, 1.54) is 6.07 Å². The molecule has 0 aliphatic rings. The Kier molecular flexibility index (Phi) is 6.86. The first-order valence-corrected chi connectivity index (χ1v) is 10.6. The van der Waals surface area contributed by atoms with Gasteiger partial charge in [-0.15, -0.1) is 0 Å². The number of furan rings is 1. The summed E-state index contributed by atoms with van der Waals surface area (Å²) >= 11 is 0. The Morgan fingerprint density at radius 3 is 2.55 bits per heavy atom. The number of aromatic nitrogens is 2. The topological polar surface area (TPSA) is 63.7 Å². The standard InChI is InChI=1S/C25H25F2N3O3/c1-17(31)14-29(15-21-9-6-12-32-21)16-22-18(2)28-30(20-7-4-3-5-8-20)25(22)33-24-11-10-19(26)13-23(24)27/h3-13,17,31H,14-16H2,1-2H3/t17-/m0/s1. The van der Waals surface area contributed by atoms with E-state index in [1.807, 2.05) is 48.2 Å². The van der Waals surface area contributed by atoms with Gasteiger partial charge in [0.25, 0.3) is 0 Å². The Labute approximate surface area is 190 Å². The third kappa shape index (κ3) is 5.47. The third-order valence-electron chi connectivity index (χ3n) is 5.10. The predicted octanol–water partition coefficient (Wildman–Crippen LogP) is 5.23. The molecule has 4 aromatic rings. The molecule has 33 heavy (non-hydrogen) atoms. The predicted molar refractivity (Wildman–Crippen MR) is 119 cm³/mol. The maximum Gasteiger partial charge on any atom is 0.227 e. The van der Waals surface area contributed by atoms with Crippen molar-refractivity contribution in [2.45, 2.75) is 33.0 Å². The van der Waals surface area contributed by atoms with Crippen LogP contribution in [0, 0.1) is 18.6 Å². The highest BCUT2D eigenvalue weighted by Gasteiger charge is 2.23. The smallest absolute Gasteiger partial charge is 0.227 e. The van der Waals surface area contributed by atoms with Crippen LogP contribution in [-0.2, 0) is 13.1 Å². The van der Waals surface area contributed by atoms with Crippen LogP contribution < -0.4 is 4.74 Å². The molecule has 6 nitrogen and oxygen atoms in total. The van der Waals surface area contributed by atoms with Crippen molar-refractivity contribution in [3.63, 3.8) is 0 Å². The van der Waals surface area contributed by atoms with Crippen molar-refractivity contribution in [2.75, 3.05) is 6.54 Å². The summed E-state index contributed by atoms with van der Waals surface area (Å²) < 4.78 is 40.9. The largest absolute Gasteiger partial charge is 0.468 e. The number of rotatable bonds is 9. The number of halogens is 2. The van der Waals surface area contributed by atoms with Gasteiger partial charge < -0.3 is 14.3 Å². The molecule has 172 valence electrons. The van der Waals surface area contributed by atoms with Gasteiger partial charge in [-0.1, -0.05) is 18.2 Å². The molecule has 0 saturated heterocycles. The van der Waals surface area contributed by atoms with E-state index in [2.05, 4.69) is 5.10 Å². The van der Waals surface area contributed by atoms with Crippen LogP contribution in [0.1, 0.15) is 23.9 Å². The van der Waals surface area contributed by atoms with Gasteiger partial charge in [-0.2, -0.15) is 5.10 Å². The second-order valence-corrected chi connectivity index (χ2v) is 7.89. The van der Waals surface area contributed by atoms with Gasteiger partial charge in [0.2, 0.25) is 5.88 Å². The number of benzene rings is 2. The Balaban J connectivity index is 1.75. The summed E-state index contributed by atoms with van der Waals surface area (Å²) in [6, 6.07) is 16.2. The summed E-state index contributed by atoms with van der Waals surface area (Å²) in [6.07, 6.45) is 1.02. The molecular formula is C25H25F2N3O3. The third-order valence-corrected chi connectivity index (χ3v) is 5.10. The van der Waals surface area contributed by atoms with Crippen molar-refractivity contribution < 1.29 is 23.0 Å². The minimum absolute atomic E-state index is 0.108. The van der Waals surface area contributed by atoms with Crippen LogP contribution in [-0.4, -0.2) is 32.4 Å². The fourth-order valence-corrected chi connectivity index (χ4v) is 3.64. The van der Waals surface area contributed by atoms with Crippen LogP contribution in [0.25, 0.3) is 5.69 Å². The molecule has 8 heteroatoms. The molecule has 0 aliphatic heterocycles. The summed E-state index contributed by atoms with van der Waals surface area (Å²) in [5, 5.41) is 14.7. The highest BCUT2D eigenvalue weighted by Crippen LogP contribution is 2.33. The molecule has 2 aromatic carbocycles. The highest BCUT2D eigenvalue weighted by atomic mass is 19.1. The minimum atomic E-state index is -0.809. The summed E-state index contributed by atoms with van der Waals surface area (Å²) in [5.41, 5.74) is 2.14. The second kappa shape index (κ2) is 9.97. The Hall–Kier alpha value is -3.49. The van der Waals surface area contributed by atoms with Crippen LogP contribution in [0.4, 0.5) is 8.78 Å². The van der Waals surface area contributed by atoms with Crippen LogP contribution in [0.2, 0.25) is 0 Å². The van der Waals surface area contributed by atoms with Crippen LogP contribution in [0.15, 0.2) is 71.3 Å². The number of hydrogen-bond acceptors (Lipinski definition) is 5. The highest BCUT2D eigenvalue weighted by molar-refractivity contribution is 5.43. The molecule has 0 fully saturated rings. The average molecular weight is 453 g/mol. The Morgan fingerprint density at radius 2 is 1.88 bits per heavy atom. The second-order valence-electron chi connectivity index (χ2n) is 7.89.